The lowest BCUT2D eigenvalue weighted by Crippen LogP contribution is -2.19. The summed E-state index contributed by atoms with van der Waals surface area (Å²) in [4.78, 5) is 3.17. The van der Waals surface area contributed by atoms with Gasteiger partial charge in [0.2, 0.25) is 0 Å². The van der Waals surface area contributed by atoms with Crippen LogP contribution in [0.15, 0.2) is 30.5 Å². The normalized spacial score (nSPS) is 13.1. The van der Waals surface area contributed by atoms with E-state index in [9.17, 15) is 4.21 Å². The molecule has 0 spiro atoms. The van der Waals surface area contributed by atoms with Gasteiger partial charge in [-0.25, -0.2) is 0 Å². The molecule has 1 atom stereocenters. The molecule has 0 aliphatic carbocycles. The third-order valence-electron chi connectivity index (χ3n) is 2.51. The second kappa shape index (κ2) is 5.27. The van der Waals surface area contributed by atoms with E-state index in [1.807, 2.05) is 6.20 Å². The fourth-order valence-corrected chi connectivity index (χ4v) is 2.09. The number of benzene rings is 1. The van der Waals surface area contributed by atoms with Crippen molar-refractivity contribution in [2.24, 2.45) is 0 Å². The number of H-pyrrole nitrogens is 1. The zero-order valence-electron chi connectivity index (χ0n) is 9.32. The maximum Gasteiger partial charge on any atom is 0.0454 e. The number of aromatic nitrogens is 1. The summed E-state index contributed by atoms with van der Waals surface area (Å²) in [7, 11) is -0.707. The minimum absolute atomic E-state index is 0.707. The van der Waals surface area contributed by atoms with Gasteiger partial charge in [-0.05, 0) is 29.1 Å². The zero-order valence-corrected chi connectivity index (χ0v) is 10.1. The van der Waals surface area contributed by atoms with E-state index >= 15 is 0 Å². The lowest BCUT2D eigenvalue weighted by molar-refractivity contribution is 0.677. The minimum Gasteiger partial charge on any atom is -0.361 e. The van der Waals surface area contributed by atoms with Gasteiger partial charge in [-0.2, -0.15) is 0 Å². The smallest absolute Gasteiger partial charge is 0.0454 e. The highest BCUT2D eigenvalue weighted by Crippen LogP contribution is 2.13. The van der Waals surface area contributed by atoms with Crippen LogP contribution < -0.4 is 5.32 Å². The maximum absolute atomic E-state index is 10.9. The van der Waals surface area contributed by atoms with Crippen LogP contribution in [0.4, 0.5) is 0 Å². The van der Waals surface area contributed by atoms with E-state index in [1.54, 1.807) is 6.26 Å². The van der Waals surface area contributed by atoms with Gasteiger partial charge >= 0.3 is 0 Å². The van der Waals surface area contributed by atoms with E-state index in [0.717, 1.165) is 13.1 Å². The Hall–Kier alpha value is -1.13. The van der Waals surface area contributed by atoms with Gasteiger partial charge in [0.05, 0.1) is 0 Å². The first-order chi connectivity index (χ1) is 7.75. The van der Waals surface area contributed by atoms with Gasteiger partial charge in [-0.1, -0.05) is 6.07 Å². The highest BCUT2D eigenvalue weighted by atomic mass is 32.2. The Morgan fingerprint density at radius 3 is 3.06 bits per heavy atom. The van der Waals surface area contributed by atoms with Crippen LogP contribution in [-0.2, 0) is 17.3 Å². The summed E-state index contributed by atoms with van der Waals surface area (Å²) >= 11 is 0. The fourth-order valence-electron chi connectivity index (χ4n) is 1.66. The van der Waals surface area contributed by atoms with Crippen molar-refractivity contribution in [2.75, 3.05) is 18.6 Å². The monoisotopic (exact) mass is 236 g/mol. The molecule has 4 heteroatoms. The van der Waals surface area contributed by atoms with Crippen LogP contribution in [0.3, 0.4) is 0 Å². The fraction of sp³-hybridized carbons (Fsp3) is 0.333. The van der Waals surface area contributed by atoms with Crippen molar-refractivity contribution in [1.29, 1.82) is 0 Å². The average Bonchev–Trinajstić information content (AvgIpc) is 2.71. The molecule has 0 bridgehead atoms. The third-order valence-corrected chi connectivity index (χ3v) is 3.29. The SMILES string of the molecule is CS(=O)CCNCc1ccc2[nH]ccc2c1. The summed E-state index contributed by atoms with van der Waals surface area (Å²) in [6, 6.07) is 8.43. The van der Waals surface area contributed by atoms with Gasteiger partial charge in [0.1, 0.15) is 0 Å². The number of hydrogen-bond acceptors (Lipinski definition) is 2. The van der Waals surface area contributed by atoms with E-state index in [4.69, 9.17) is 0 Å². The molecule has 86 valence electrons. The second-order valence-corrected chi connectivity index (χ2v) is 5.41. The molecule has 0 aliphatic rings. The zero-order chi connectivity index (χ0) is 11.4. The van der Waals surface area contributed by atoms with Crippen molar-refractivity contribution in [1.82, 2.24) is 10.3 Å². The molecule has 1 heterocycles. The van der Waals surface area contributed by atoms with Crippen molar-refractivity contribution in [3.63, 3.8) is 0 Å². The summed E-state index contributed by atoms with van der Waals surface area (Å²) in [5.41, 5.74) is 2.42. The molecule has 0 saturated heterocycles. The molecule has 16 heavy (non-hydrogen) atoms. The highest BCUT2D eigenvalue weighted by Gasteiger charge is 1.97. The third kappa shape index (κ3) is 2.93. The standard InChI is InChI=1S/C12H16N2OS/c1-16(15)7-6-13-9-10-2-3-12-11(8-10)4-5-14-12/h2-5,8,13-14H,6-7,9H2,1H3. The first-order valence-electron chi connectivity index (χ1n) is 5.32. The molecule has 2 aromatic rings. The molecule has 0 radical (unpaired) electrons. The molecule has 0 amide bonds. The predicted octanol–water partition coefficient (Wildman–Crippen LogP) is 1.64. The molecule has 2 rings (SSSR count). The van der Waals surface area contributed by atoms with Crippen molar-refractivity contribution < 1.29 is 4.21 Å². The quantitative estimate of drug-likeness (QED) is 0.775. The Bertz CT molecular complexity index is 492. The molecular weight excluding hydrogens is 220 g/mol. The number of aromatic amines is 1. The second-order valence-electron chi connectivity index (χ2n) is 3.85. The van der Waals surface area contributed by atoms with Crippen molar-refractivity contribution >= 4 is 21.7 Å². The Labute approximate surface area is 97.7 Å². The molecule has 2 N–H and O–H groups in total. The first-order valence-corrected chi connectivity index (χ1v) is 7.05. The van der Waals surface area contributed by atoms with Crippen LogP contribution in [0.1, 0.15) is 5.56 Å². The number of rotatable bonds is 5. The maximum atomic E-state index is 10.9. The average molecular weight is 236 g/mol. The lowest BCUT2D eigenvalue weighted by Gasteiger charge is -2.03. The van der Waals surface area contributed by atoms with Gasteiger partial charge in [-0.3, -0.25) is 4.21 Å². The molecule has 0 aliphatic heterocycles. The molecule has 1 unspecified atom stereocenters. The minimum atomic E-state index is -0.707. The molecule has 0 fully saturated rings. The Morgan fingerprint density at radius 1 is 1.38 bits per heavy atom. The summed E-state index contributed by atoms with van der Waals surface area (Å²) in [6.07, 6.45) is 3.68. The van der Waals surface area contributed by atoms with Crippen molar-refractivity contribution in [2.45, 2.75) is 6.54 Å². The van der Waals surface area contributed by atoms with Gasteiger partial charge < -0.3 is 10.3 Å². The Kier molecular flexibility index (Phi) is 3.74. The van der Waals surface area contributed by atoms with Crippen LogP contribution in [-0.4, -0.2) is 27.7 Å². The summed E-state index contributed by atoms with van der Waals surface area (Å²) in [6.45, 7) is 1.63. The van der Waals surface area contributed by atoms with Gasteiger partial charge in [-0.15, -0.1) is 0 Å². The van der Waals surface area contributed by atoms with Crippen LogP contribution in [0.2, 0.25) is 0 Å². The van der Waals surface area contributed by atoms with E-state index < -0.39 is 10.8 Å². The van der Waals surface area contributed by atoms with Crippen LogP contribution in [0.5, 0.6) is 0 Å². The molecule has 1 aromatic carbocycles. The summed E-state index contributed by atoms with van der Waals surface area (Å²) in [5, 5.41) is 4.52. The number of nitrogens with one attached hydrogen (secondary N) is 2. The van der Waals surface area contributed by atoms with E-state index in [1.165, 1.54) is 16.5 Å². The highest BCUT2D eigenvalue weighted by molar-refractivity contribution is 7.84. The van der Waals surface area contributed by atoms with Crippen LogP contribution in [0, 0.1) is 0 Å². The largest absolute Gasteiger partial charge is 0.361 e. The van der Waals surface area contributed by atoms with Gasteiger partial charge in [0.15, 0.2) is 0 Å². The summed E-state index contributed by atoms with van der Waals surface area (Å²) in [5.74, 6) is 0.715. The van der Waals surface area contributed by atoms with Crippen LogP contribution >= 0.6 is 0 Å². The summed E-state index contributed by atoms with van der Waals surface area (Å²) < 4.78 is 10.9. The molecule has 0 saturated carbocycles. The Morgan fingerprint density at radius 2 is 2.25 bits per heavy atom. The van der Waals surface area contributed by atoms with Gasteiger partial charge in [0.25, 0.3) is 0 Å². The van der Waals surface area contributed by atoms with Crippen LogP contribution in [0.25, 0.3) is 10.9 Å². The van der Waals surface area contributed by atoms with E-state index in [2.05, 4.69) is 34.6 Å². The topological polar surface area (TPSA) is 44.9 Å². The molecule has 3 nitrogen and oxygen atoms in total. The first kappa shape index (κ1) is 11.4. The Balaban J connectivity index is 1.91. The van der Waals surface area contributed by atoms with E-state index in [-0.39, 0.29) is 0 Å². The number of hydrogen-bond donors (Lipinski definition) is 2. The van der Waals surface area contributed by atoms with Crippen molar-refractivity contribution in [3.8, 4) is 0 Å². The van der Waals surface area contributed by atoms with E-state index in [0.29, 0.717) is 5.75 Å². The number of fused-ring (bicyclic) bond motifs is 1. The predicted molar refractivity (Wildman–Crippen MR) is 68.9 cm³/mol. The van der Waals surface area contributed by atoms with Gasteiger partial charge in [0, 0.05) is 47.6 Å². The van der Waals surface area contributed by atoms with Crippen molar-refractivity contribution in [3.05, 3.63) is 36.0 Å². The molecular formula is C12H16N2OS. The lowest BCUT2D eigenvalue weighted by atomic mass is 10.1. The molecule has 1 aromatic heterocycles.